The fraction of sp³-hybridized carbons (Fsp3) is 0.375. The summed E-state index contributed by atoms with van der Waals surface area (Å²) < 4.78 is 0. The van der Waals surface area contributed by atoms with E-state index in [1.54, 1.807) is 6.07 Å². The van der Waals surface area contributed by atoms with Gasteiger partial charge in [0.15, 0.2) is 5.69 Å². The van der Waals surface area contributed by atoms with Gasteiger partial charge in [-0.1, -0.05) is 18.2 Å². The van der Waals surface area contributed by atoms with Crippen molar-refractivity contribution in [3.63, 3.8) is 0 Å². The second kappa shape index (κ2) is 5.69. The van der Waals surface area contributed by atoms with Gasteiger partial charge in [-0.2, -0.15) is 0 Å². The van der Waals surface area contributed by atoms with E-state index >= 15 is 0 Å². The fourth-order valence-electron chi connectivity index (χ4n) is 3.00. The Kier molecular flexibility index (Phi) is 3.75. The number of carbonyl (C=O) groups is 1. The van der Waals surface area contributed by atoms with Crippen LogP contribution in [0.3, 0.4) is 0 Å². The zero-order valence-corrected chi connectivity index (χ0v) is 11.7. The lowest BCUT2D eigenvalue weighted by Gasteiger charge is -2.21. The van der Waals surface area contributed by atoms with Gasteiger partial charge in [0, 0.05) is 30.8 Å². The molecule has 1 atom stereocenters. The molecule has 21 heavy (non-hydrogen) atoms. The fourth-order valence-corrected chi connectivity index (χ4v) is 3.00. The van der Waals surface area contributed by atoms with Gasteiger partial charge in [0.25, 0.3) is 0 Å². The molecule has 1 saturated heterocycles. The third-order valence-corrected chi connectivity index (χ3v) is 4.08. The van der Waals surface area contributed by atoms with Gasteiger partial charge in [0.05, 0.1) is 5.52 Å². The van der Waals surface area contributed by atoms with E-state index in [1.807, 2.05) is 24.3 Å². The van der Waals surface area contributed by atoms with E-state index in [0.29, 0.717) is 11.4 Å². The maximum absolute atomic E-state index is 11.3. The summed E-state index contributed by atoms with van der Waals surface area (Å²) in [4.78, 5) is 17.7. The van der Waals surface area contributed by atoms with Crippen LogP contribution in [0.2, 0.25) is 0 Å². The Bertz CT molecular complexity index is 672. The van der Waals surface area contributed by atoms with E-state index in [-0.39, 0.29) is 12.3 Å². The highest BCUT2D eigenvalue weighted by Crippen LogP contribution is 2.31. The molecule has 0 radical (unpaired) electrons. The molecule has 1 aromatic heterocycles. The van der Waals surface area contributed by atoms with Gasteiger partial charge in [-0.3, -0.25) is 0 Å². The minimum absolute atomic E-state index is 0.0781. The summed E-state index contributed by atoms with van der Waals surface area (Å²) in [5, 5.41) is 19.3. The molecule has 0 saturated carbocycles. The van der Waals surface area contributed by atoms with Gasteiger partial charge in [-0.15, -0.1) is 0 Å². The van der Waals surface area contributed by atoms with Crippen LogP contribution in [0.1, 0.15) is 23.3 Å². The lowest BCUT2D eigenvalue weighted by atomic mass is 10.1. The Hall–Kier alpha value is -2.14. The van der Waals surface area contributed by atoms with Crippen molar-refractivity contribution in [2.75, 3.05) is 24.6 Å². The average molecular weight is 286 g/mol. The zero-order chi connectivity index (χ0) is 14.8. The number of aliphatic hydroxyl groups excluding tert-OH is 1. The molecule has 1 aliphatic heterocycles. The van der Waals surface area contributed by atoms with E-state index in [0.717, 1.165) is 37.0 Å². The van der Waals surface area contributed by atoms with Crippen LogP contribution < -0.4 is 4.90 Å². The van der Waals surface area contributed by atoms with Crippen LogP contribution in [0.4, 0.5) is 5.69 Å². The van der Waals surface area contributed by atoms with Crippen LogP contribution in [0.15, 0.2) is 30.3 Å². The van der Waals surface area contributed by atoms with Gasteiger partial charge in [0.2, 0.25) is 0 Å². The van der Waals surface area contributed by atoms with Gasteiger partial charge >= 0.3 is 5.97 Å². The summed E-state index contributed by atoms with van der Waals surface area (Å²) in [7, 11) is 0. The quantitative estimate of drug-likeness (QED) is 0.901. The molecule has 1 fully saturated rings. The molecule has 2 N–H and O–H groups in total. The first kappa shape index (κ1) is 13.8. The molecule has 110 valence electrons. The lowest BCUT2D eigenvalue weighted by Crippen LogP contribution is -2.21. The number of aromatic nitrogens is 1. The largest absolute Gasteiger partial charge is 0.477 e. The van der Waals surface area contributed by atoms with Crippen molar-refractivity contribution in [3.8, 4) is 0 Å². The van der Waals surface area contributed by atoms with Crippen LogP contribution >= 0.6 is 0 Å². The number of pyridine rings is 1. The maximum atomic E-state index is 11.3. The highest BCUT2D eigenvalue weighted by Gasteiger charge is 2.24. The highest BCUT2D eigenvalue weighted by molar-refractivity contribution is 5.97. The molecule has 2 aromatic rings. The average Bonchev–Trinajstić information content (AvgIpc) is 2.95. The number of aromatic carboxylic acids is 1. The summed E-state index contributed by atoms with van der Waals surface area (Å²) in [6.45, 7) is 1.95. The predicted molar refractivity (Wildman–Crippen MR) is 80.7 cm³/mol. The molecule has 3 rings (SSSR count). The van der Waals surface area contributed by atoms with E-state index < -0.39 is 5.97 Å². The van der Waals surface area contributed by atoms with Crippen molar-refractivity contribution in [3.05, 3.63) is 36.0 Å². The van der Waals surface area contributed by atoms with Crippen molar-refractivity contribution in [2.45, 2.75) is 12.8 Å². The van der Waals surface area contributed by atoms with Gasteiger partial charge in [-0.25, -0.2) is 9.78 Å². The first-order valence-corrected chi connectivity index (χ1v) is 7.18. The molecule has 2 heterocycles. The van der Waals surface area contributed by atoms with Crippen molar-refractivity contribution < 1.29 is 15.0 Å². The van der Waals surface area contributed by atoms with Crippen LogP contribution in [0.5, 0.6) is 0 Å². The number of para-hydroxylation sites is 1. The Labute approximate surface area is 122 Å². The Balaban J connectivity index is 2.02. The molecule has 0 spiro atoms. The minimum Gasteiger partial charge on any atom is -0.477 e. The summed E-state index contributed by atoms with van der Waals surface area (Å²) in [5.74, 6) is -0.539. The second-order valence-corrected chi connectivity index (χ2v) is 5.46. The van der Waals surface area contributed by atoms with Gasteiger partial charge in [-0.05, 0) is 30.9 Å². The number of hydrogen-bond acceptors (Lipinski definition) is 4. The molecule has 0 aliphatic carbocycles. The summed E-state index contributed by atoms with van der Waals surface area (Å²) in [5.41, 5.74) is 1.71. The third kappa shape index (κ3) is 2.69. The summed E-state index contributed by atoms with van der Waals surface area (Å²) in [6, 6.07) is 9.28. The van der Waals surface area contributed by atoms with Crippen molar-refractivity contribution in [2.24, 2.45) is 5.92 Å². The number of carboxylic acid groups (broad SMARTS) is 1. The lowest BCUT2D eigenvalue weighted by molar-refractivity contribution is 0.0691. The Morgan fingerprint density at radius 3 is 2.95 bits per heavy atom. The Morgan fingerprint density at radius 2 is 2.19 bits per heavy atom. The van der Waals surface area contributed by atoms with E-state index in [1.165, 1.54) is 0 Å². The number of fused-ring (bicyclic) bond motifs is 1. The molecule has 1 aliphatic rings. The van der Waals surface area contributed by atoms with E-state index in [4.69, 9.17) is 5.11 Å². The Morgan fingerprint density at radius 1 is 1.38 bits per heavy atom. The number of hydrogen-bond donors (Lipinski definition) is 2. The van der Waals surface area contributed by atoms with Gasteiger partial charge < -0.3 is 15.1 Å². The molecule has 1 unspecified atom stereocenters. The molecule has 0 amide bonds. The molecular formula is C16H18N2O3. The van der Waals surface area contributed by atoms with Crippen LogP contribution in [-0.4, -0.2) is 40.9 Å². The molecule has 5 heteroatoms. The molecule has 1 aromatic carbocycles. The normalized spacial score (nSPS) is 18.3. The van der Waals surface area contributed by atoms with Gasteiger partial charge in [0.1, 0.15) is 0 Å². The van der Waals surface area contributed by atoms with E-state index in [9.17, 15) is 9.90 Å². The SMILES string of the molecule is O=C(O)c1cc(N2CCC(CCO)C2)c2ccccc2n1. The van der Waals surface area contributed by atoms with Crippen LogP contribution in [0, 0.1) is 5.92 Å². The molecule has 5 nitrogen and oxygen atoms in total. The van der Waals surface area contributed by atoms with Crippen LogP contribution in [0.25, 0.3) is 10.9 Å². The van der Waals surface area contributed by atoms with Crippen LogP contribution in [-0.2, 0) is 0 Å². The first-order valence-electron chi connectivity index (χ1n) is 7.18. The van der Waals surface area contributed by atoms with Crippen molar-refractivity contribution >= 4 is 22.6 Å². The number of nitrogens with zero attached hydrogens (tertiary/aromatic N) is 2. The van der Waals surface area contributed by atoms with Crippen molar-refractivity contribution in [1.82, 2.24) is 4.98 Å². The van der Waals surface area contributed by atoms with E-state index in [2.05, 4.69) is 9.88 Å². The molecule has 0 bridgehead atoms. The minimum atomic E-state index is -1.01. The third-order valence-electron chi connectivity index (χ3n) is 4.08. The summed E-state index contributed by atoms with van der Waals surface area (Å²) in [6.07, 6.45) is 1.82. The highest BCUT2D eigenvalue weighted by atomic mass is 16.4. The number of aliphatic hydroxyl groups is 1. The number of benzene rings is 1. The topological polar surface area (TPSA) is 73.7 Å². The smallest absolute Gasteiger partial charge is 0.354 e. The second-order valence-electron chi connectivity index (χ2n) is 5.46. The predicted octanol–water partition coefficient (Wildman–Crippen LogP) is 2.14. The number of anilines is 1. The van der Waals surface area contributed by atoms with Crippen molar-refractivity contribution in [1.29, 1.82) is 0 Å². The maximum Gasteiger partial charge on any atom is 0.354 e. The standard InChI is InChI=1S/C16H18N2O3/c19-8-6-11-5-7-18(10-11)15-9-14(16(20)21)17-13-4-2-1-3-12(13)15/h1-4,9,11,19H,5-8,10H2,(H,20,21). The summed E-state index contributed by atoms with van der Waals surface area (Å²) >= 11 is 0. The number of rotatable bonds is 4. The zero-order valence-electron chi connectivity index (χ0n) is 11.7. The molecular weight excluding hydrogens is 268 g/mol. The number of carboxylic acids is 1. The monoisotopic (exact) mass is 286 g/mol. The first-order chi connectivity index (χ1) is 10.2.